The molecule has 8 nitrogen and oxygen atoms in total. The standard InChI is InChI=1S/C21H21N3O5S/c1-14-4-10-18(19(12-14)28-3)29-20-11-7-16(13-23-20)24-21(25)15-5-8-17(9-6-15)30(26,27)22-2/h4-13,22H,1-3H3,(H,24,25). The Bertz CT molecular complexity index is 1140. The zero-order valence-corrected chi connectivity index (χ0v) is 17.5. The van der Waals surface area contributed by atoms with Gasteiger partial charge in [0.15, 0.2) is 11.5 Å². The number of amides is 1. The molecule has 0 spiro atoms. The summed E-state index contributed by atoms with van der Waals surface area (Å²) in [5.41, 5.74) is 1.83. The van der Waals surface area contributed by atoms with Crippen LogP contribution in [0.25, 0.3) is 0 Å². The summed E-state index contributed by atoms with van der Waals surface area (Å²) in [5, 5.41) is 2.70. The number of carbonyl (C=O) groups excluding carboxylic acids is 1. The Morgan fingerprint density at radius 1 is 1.00 bits per heavy atom. The summed E-state index contributed by atoms with van der Waals surface area (Å²) >= 11 is 0. The van der Waals surface area contributed by atoms with Crippen LogP contribution >= 0.6 is 0 Å². The van der Waals surface area contributed by atoms with E-state index in [1.165, 1.54) is 37.5 Å². The van der Waals surface area contributed by atoms with Gasteiger partial charge in [0.1, 0.15) is 0 Å². The predicted octanol–water partition coefficient (Wildman–Crippen LogP) is 3.35. The fourth-order valence-corrected chi connectivity index (χ4v) is 3.32. The molecule has 2 aromatic carbocycles. The minimum absolute atomic E-state index is 0.0799. The van der Waals surface area contributed by atoms with Crippen LogP contribution in [-0.4, -0.2) is 33.5 Å². The van der Waals surface area contributed by atoms with Gasteiger partial charge >= 0.3 is 0 Å². The van der Waals surface area contributed by atoms with Crippen LogP contribution in [0.4, 0.5) is 5.69 Å². The first kappa shape index (κ1) is 21.3. The average molecular weight is 427 g/mol. The van der Waals surface area contributed by atoms with Crippen molar-refractivity contribution < 1.29 is 22.7 Å². The molecule has 0 saturated heterocycles. The Hall–Kier alpha value is -3.43. The number of pyridine rings is 1. The Kier molecular flexibility index (Phi) is 6.34. The van der Waals surface area contributed by atoms with Gasteiger partial charge in [-0.3, -0.25) is 4.79 Å². The molecule has 3 rings (SSSR count). The highest BCUT2D eigenvalue weighted by atomic mass is 32.2. The van der Waals surface area contributed by atoms with Gasteiger partial charge in [0.25, 0.3) is 5.91 Å². The van der Waals surface area contributed by atoms with Gasteiger partial charge in [0.2, 0.25) is 15.9 Å². The predicted molar refractivity (Wildman–Crippen MR) is 113 cm³/mol. The van der Waals surface area contributed by atoms with E-state index in [1.54, 1.807) is 25.3 Å². The highest BCUT2D eigenvalue weighted by Crippen LogP contribution is 2.31. The number of benzene rings is 2. The molecule has 0 atom stereocenters. The van der Waals surface area contributed by atoms with Gasteiger partial charge in [0, 0.05) is 11.6 Å². The fraction of sp³-hybridized carbons (Fsp3) is 0.143. The van der Waals surface area contributed by atoms with Crippen molar-refractivity contribution in [3.63, 3.8) is 0 Å². The van der Waals surface area contributed by atoms with E-state index >= 15 is 0 Å². The molecule has 0 radical (unpaired) electrons. The maximum atomic E-state index is 12.4. The number of nitrogens with zero attached hydrogens (tertiary/aromatic N) is 1. The molecule has 3 aromatic rings. The van der Waals surface area contributed by atoms with Crippen LogP contribution in [0.2, 0.25) is 0 Å². The van der Waals surface area contributed by atoms with Gasteiger partial charge in [-0.15, -0.1) is 0 Å². The molecule has 156 valence electrons. The second-order valence-electron chi connectivity index (χ2n) is 6.33. The van der Waals surface area contributed by atoms with Gasteiger partial charge in [-0.05, 0) is 62.0 Å². The van der Waals surface area contributed by atoms with E-state index in [1.807, 2.05) is 19.1 Å². The number of hydrogen-bond donors (Lipinski definition) is 2. The molecule has 2 N–H and O–H groups in total. The van der Waals surface area contributed by atoms with Gasteiger partial charge < -0.3 is 14.8 Å². The van der Waals surface area contributed by atoms with Crippen molar-refractivity contribution in [1.82, 2.24) is 9.71 Å². The summed E-state index contributed by atoms with van der Waals surface area (Å²) in [4.78, 5) is 16.7. The van der Waals surface area contributed by atoms with Crippen molar-refractivity contribution in [2.75, 3.05) is 19.5 Å². The largest absolute Gasteiger partial charge is 0.493 e. The number of rotatable bonds is 7. The van der Waals surface area contributed by atoms with E-state index < -0.39 is 10.0 Å². The van der Waals surface area contributed by atoms with Gasteiger partial charge in [-0.1, -0.05) is 6.07 Å². The molecule has 0 aliphatic carbocycles. The molecule has 0 fully saturated rings. The number of hydrogen-bond acceptors (Lipinski definition) is 6. The normalized spacial score (nSPS) is 11.0. The maximum absolute atomic E-state index is 12.4. The van der Waals surface area contributed by atoms with Crippen LogP contribution in [0.3, 0.4) is 0 Å². The topological polar surface area (TPSA) is 107 Å². The Labute approximate surface area is 174 Å². The third-order valence-corrected chi connectivity index (χ3v) is 5.65. The van der Waals surface area contributed by atoms with Crippen molar-refractivity contribution in [2.24, 2.45) is 0 Å². The number of methoxy groups -OCH3 is 1. The van der Waals surface area contributed by atoms with E-state index in [9.17, 15) is 13.2 Å². The van der Waals surface area contributed by atoms with E-state index in [0.29, 0.717) is 28.6 Å². The first-order chi connectivity index (χ1) is 14.3. The summed E-state index contributed by atoms with van der Waals surface area (Å²) < 4.78 is 36.8. The third-order valence-electron chi connectivity index (χ3n) is 4.22. The molecule has 9 heteroatoms. The second kappa shape index (κ2) is 8.93. The first-order valence-corrected chi connectivity index (χ1v) is 10.4. The summed E-state index contributed by atoms with van der Waals surface area (Å²) in [6, 6.07) is 14.4. The van der Waals surface area contributed by atoms with Crippen LogP contribution < -0.4 is 19.5 Å². The molecule has 30 heavy (non-hydrogen) atoms. The maximum Gasteiger partial charge on any atom is 0.255 e. The number of aryl methyl sites for hydroxylation is 1. The van der Waals surface area contributed by atoms with E-state index in [4.69, 9.17) is 9.47 Å². The SMILES string of the molecule is CNS(=O)(=O)c1ccc(C(=O)Nc2ccc(Oc3ccc(C)cc3OC)nc2)cc1. The molecule has 1 amide bonds. The van der Waals surface area contributed by atoms with Crippen LogP contribution in [-0.2, 0) is 10.0 Å². The quantitative estimate of drug-likeness (QED) is 0.599. The number of ether oxygens (including phenoxy) is 2. The molecule has 0 aliphatic heterocycles. The van der Waals surface area contributed by atoms with Crippen LogP contribution in [0.15, 0.2) is 65.7 Å². The van der Waals surface area contributed by atoms with Gasteiger partial charge in [-0.25, -0.2) is 18.1 Å². The van der Waals surface area contributed by atoms with Gasteiger partial charge in [-0.2, -0.15) is 0 Å². The smallest absolute Gasteiger partial charge is 0.255 e. The van der Waals surface area contributed by atoms with Crippen LogP contribution in [0.5, 0.6) is 17.4 Å². The fourth-order valence-electron chi connectivity index (χ4n) is 2.59. The summed E-state index contributed by atoms with van der Waals surface area (Å²) in [6.45, 7) is 1.95. The van der Waals surface area contributed by atoms with Crippen molar-refractivity contribution in [3.05, 3.63) is 71.9 Å². The van der Waals surface area contributed by atoms with Crippen molar-refractivity contribution in [1.29, 1.82) is 0 Å². The Morgan fingerprint density at radius 3 is 2.33 bits per heavy atom. The molecule has 1 aromatic heterocycles. The number of anilines is 1. The van der Waals surface area contributed by atoms with E-state index in [0.717, 1.165) is 5.56 Å². The summed E-state index contributed by atoms with van der Waals surface area (Å²) in [5.74, 6) is 1.08. The lowest BCUT2D eigenvalue weighted by molar-refractivity contribution is 0.102. The van der Waals surface area contributed by atoms with Crippen molar-refractivity contribution in [2.45, 2.75) is 11.8 Å². The summed E-state index contributed by atoms with van der Waals surface area (Å²) in [6.07, 6.45) is 1.47. The zero-order valence-electron chi connectivity index (χ0n) is 16.7. The minimum atomic E-state index is -3.55. The van der Waals surface area contributed by atoms with Crippen LogP contribution in [0, 0.1) is 6.92 Å². The molecular formula is C21H21N3O5S. The molecule has 0 unspecified atom stereocenters. The monoisotopic (exact) mass is 427 g/mol. The lowest BCUT2D eigenvalue weighted by Crippen LogP contribution is -2.19. The molecule has 0 saturated carbocycles. The minimum Gasteiger partial charge on any atom is -0.493 e. The third kappa shape index (κ3) is 4.94. The Balaban J connectivity index is 1.68. The van der Waals surface area contributed by atoms with Crippen LogP contribution in [0.1, 0.15) is 15.9 Å². The highest BCUT2D eigenvalue weighted by Gasteiger charge is 2.13. The number of nitrogens with one attached hydrogen (secondary N) is 2. The average Bonchev–Trinajstić information content (AvgIpc) is 2.76. The molecule has 0 aliphatic rings. The van der Waals surface area contributed by atoms with E-state index in [-0.39, 0.29) is 10.8 Å². The van der Waals surface area contributed by atoms with Crippen molar-refractivity contribution >= 4 is 21.6 Å². The summed E-state index contributed by atoms with van der Waals surface area (Å²) in [7, 11) is -0.664. The molecule has 0 bridgehead atoms. The van der Waals surface area contributed by atoms with E-state index in [2.05, 4.69) is 15.0 Å². The zero-order chi connectivity index (χ0) is 21.7. The van der Waals surface area contributed by atoms with Crippen molar-refractivity contribution in [3.8, 4) is 17.4 Å². The lowest BCUT2D eigenvalue weighted by atomic mass is 10.2. The number of aromatic nitrogens is 1. The Morgan fingerprint density at radius 2 is 1.73 bits per heavy atom. The highest BCUT2D eigenvalue weighted by molar-refractivity contribution is 7.89. The number of sulfonamides is 1. The lowest BCUT2D eigenvalue weighted by Gasteiger charge is -2.11. The molecule has 1 heterocycles. The first-order valence-electron chi connectivity index (χ1n) is 8.96. The second-order valence-corrected chi connectivity index (χ2v) is 8.21. The number of carbonyl (C=O) groups is 1. The molecular weight excluding hydrogens is 406 g/mol. The van der Waals surface area contributed by atoms with Gasteiger partial charge in [0.05, 0.1) is 23.9 Å².